The summed E-state index contributed by atoms with van der Waals surface area (Å²) in [5.74, 6) is -0.253. The Balaban J connectivity index is 1.24. The molecule has 4 heterocycles. The molecule has 10 heteroatoms. The third-order valence-electron chi connectivity index (χ3n) is 4.90. The molecule has 4 aromatic rings. The van der Waals surface area contributed by atoms with E-state index in [4.69, 9.17) is 16.3 Å². The fraction of sp³-hybridized carbons (Fsp3) is 0.143. The van der Waals surface area contributed by atoms with Gasteiger partial charge in [0.15, 0.2) is 5.13 Å². The topological polar surface area (TPSA) is 88.8 Å². The van der Waals surface area contributed by atoms with Crippen molar-refractivity contribution < 1.29 is 14.3 Å². The zero-order valence-electron chi connectivity index (χ0n) is 16.1. The van der Waals surface area contributed by atoms with Crippen LogP contribution in [0.25, 0.3) is 5.65 Å². The van der Waals surface area contributed by atoms with Gasteiger partial charge in [-0.15, -0.1) is 0 Å². The molecule has 1 fully saturated rings. The molecule has 0 saturated carbocycles. The van der Waals surface area contributed by atoms with E-state index in [0.29, 0.717) is 28.1 Å². The van der Waals surface area contributed by atoms with Gasteiger partial charge >= 0.3 is 6.09 Å². The second kappa shape index (κ2) is 8.01. The Kier molecular flexibility index (Phi) is 5.05. The Morgan fingerprint density at radius 2 is 2.06 bits per heavy atom. The molecule has 1 aliphatic rings. The first kappa shape index (κ1) is 19.5. The fourth-order valence-corrected chi connectivity index (χ4v) is 4.26. The number of ether oxygens (including phenoxy) is 1. The molecule has 31 heavy (non-hydrogen) atoms. The molecule has 2 amide bonds. The zero-order valence-corrected chi connectivity index (χ0v) is 17.6. The van der Waals surface area contributed by atoms with Crippen molar-refractivity contribution in [2.45, 2.75) is 12.6 Å². The van der Waals surface area contributed by atoms with Crippen LogP contribution in [-0.2, 0) is 11.3 Å². The van der Waals surface area contributed by atoms with Gasteiger partial charge in [0.25, 0.3) is 5.91 Å². The zero-order chi connectivity index (χ0) is 21.4. The van der Waals surface area contributed by atoms with Gasteiger partial charge in [-0.05, 0) is 29.3 Å². The minimum absolute atomic E-state index is 0.253. The summed E-state index contributed by atoms with van der Waals surface area (Å²) in [7, 11) is 0. The standard InChI is InChI=1S/C21H16ClN5O3S/c22-15-4-2-14(3-5-15)16-12-27(21(29)30-16)20-25-10-17(31-20)19(28)24-9-13-1-6-18-23-7-8-26(18)11-13/h1-8,10-11,16H,9,12H2,(H,24,28). The average molecular weight is 454 g/mol. The largest absolute Gasteiger partial charge is 0.439 e. The number of carbonyl (C=O) groups excluding carboxylic acids is 2. The van der Waals surface area contributed by atoms with Crippen LogP contribution in [0.5, 0.6) is 0 Å². The molecule has 0 bridgehead atoms. The van der Waals surface area contributed by atoms with Gasteiger partial charge in [0.2, 0.25) is 0 Å². The van der Waals surface area contributed by atoms with E-state index in [1.165, 1.54) is 11.1 Å². The molecule has 3 aromatic heterocycles. The van der Waals surface area contributed by atoms with Crippen LogP contribution in [0.4, 0.5) is 9.93 Å². The van der Waals surface area contributed by atoms with Crippen LogP contribution in [0.1, 0.15) is 26.9 Å². The van der Waals surface area contributed by atoms with Gasteiger partial charge in [-0.25, -0.2) is 19.7 Å². The lowest BCUT2D eigenvalue weighted by molar-refractivity contribution is 0.0954. The van der Waals surface area contributed by atoms with Crippen molar-refractivity contribution >= 4 is 45.7 Å². The van der Waals surface area contributed by atoms with Gasteiger partial charge < -0.3 is 14.5 Å². The van der Waals surface area contributed by atoms with Crippen LogP contribution in [0.2, 0.25) is 5.02 Å². The molecule has 0 radical (unpaired) electrons. The van der Waals surface area contributed by atoms with E-state index >= 15 is 0 Å². The normalized spacial score (nSPS) is 16.0. The first-order valence-electron chi connectivity index (χ1n) is 9.46. The van der Waals surface area contributed by atoms with Crippen LogP contribution in [0.15, 0.2) is 61.2 Å². The van der Waals surface area contributed by atoms with Crippen LogP contribution in [0.3, 0.4) is 0 Å². The number of halogens is 1. The molecular formula is C21H16ClN5O3S. The molecule has 1 atom stereocenters. The van der Waals surface area contributed by atoms with Gasteiger partial charge in [-0.3, -0.25) is 4.79 Å². The average Bonchev–Trinajstić information content (AvgIpc) is 3.51. The molecule has 5 rings (SSSR count). The number of fused-ring (bicyclic) bond motifs is 1. The summed E-state index contributed by atoms with van der Waals surface area (Å²) >= 11 is 7.07. The van der Waals surface area contributed by atoms with E-state index in [2.05, 4.69) is 15.3 Å². The Hall–Kier alpha value is -3.43. The second-order valence-electron chi connectivity index (χ2n) is 6.95. The third-order valence-corrected chi connectivity index (χ3v) is 6.18. The van der Waals surface area contributed by atoms with E-state index in [9.17, 15) is 9.59 Å². The number of rotatable bonds is 5. The number of nitrogens with zero attached hydrogens (tertiary/aromatic N) is 4. The Morgan fingerprint density at radius 1 is 1.23 bits per heavy atom. The monoisotopic (exact) mass is 453 g/mol. The van der Waals surface area contributed by atoms with Crippen molar-refractivity contribution in [1.82, 2.24) is 19.7 Å². The van der Waals surface area contributed by atoms with Gasteiger partial charge in [-0.1, -0.05) is 41.1 Å². The van der Waals surface area contributed by atoms with Crippen LogP contribution in [-0.4, -0.2) is 32.9 Å². The highest BCUT2D eigenvalue weighted by molar-refractivity contribution is 7.17. The maximum atomic E-state index is 12.6. The summed E-state index contributed by atoms with van der Waals surface area (Å²) in [4.78, 5) is 35.2. The predicted molar refractivity (Wildman–Crippen MR) is 116 cm³/mol. The van der Waals surface area contributed by atoms with Crippen LogP contribution >= 0.6 is 22.9 Å². The number of thiazole rings is 1. The first-order valence-corrected chi connectivity index (χ1v) is 10.7. The Bertz CT molecular complexity index is 1270. The number of pyridine rings is 1. The minimum atomic E-state index is -0.491. The molecule has 8 nitrogen and oxygen atoms in total. The van der Waals surface area contributed by atoms with Crippen molar-refractivity contribution in [2.24, 2.45) is 0 Å². The summed E-state index contributed by atoms with van der Waals surface area (Å²) in [5, 5.41) is 3.92. The first-order chi connectivity index (χ1) is 15.1. The number of imidazole rings is 1. The van der Waals surface area contributed by atoms with Gasteiger partial charge in [0, 0.05) is 30.2 Å². The molecule has 1 aliphatic heterocycles. The lowest BCUT2D eigenvalue weighted by Gasteiger charge is -2.09. The molecule has 0 spiro atoms. The number of nitrogens with one attached hydrogen (secondary N) is 1. The number of benzene rings is 1. The van der Waals surface area contributed by atoms with Crippen molar-refractivity contribution in [1.29, 1.82) is 0 Å². The van der Waals surface area contributed by atoms with E-state index in [-0.39, 0.29) is 5.91 Å². The van der Waals surface area contributed by atoms with Crippen molar-refractivity contribution in [3.05, 3.63) is 82.2 Å². The summed E-state index contributed by atoms with van der Waals surface area (Å²) < 4.78 is 7.35. The Morgan fingerprint density at radius 3 is 2.90 bits per heavy atom. The van der Waals surface area contributed by atoms with Crippen LogP contribution in [0, 0.1) is 0 Å². The molecule has 1 N–H and O–H groups in total. The maximum Gasteiger partial charge on any atom is 0.416 e. The molecule has 1 unspecified atom stereocenters. The minimum Gasteiger partial charge on any atom is -0.439 e. The summed E-state index contributed by atoms with van der Waals surface area (Å²) in [5.41, 5.74) is 2.64. The molecule has 156 valence electrons. The maximum absolute atomic E-state index is 12.6. The summed E-state index contributed by atoms with van der Waals surface area (Å²) in [6, 6.07) is 11.0. The van der Waals surface area contributed by atoms with Crippen molar-refractivity contribution in [3.8, 4) is 0 Å². The third kappa shape index (κ3) is 3.97. The van der Waals surface area contributed by atoms with Gasteiger partial charge in [-0.2, -0.15) is 0 Å². The lowest BCUT2D eigenvalue weighted by Crippen LogP contribution is -2.23. The summed E-state index contributed by atoms with van der Waals surface area (Å²) in [6.07, 6.45) is 6.05. The Labute approximate surface area is 186 Å². The van der Waals surface area contributed by atoms with Crippen molar-refractivity contribution in [2.75, 3.05) is 11.4 Å². The van der Waals surface area contributed by atoms with E-state index in [1.807, 2.05) is 41.1 Å². The SMILES string of the molecule is O=C(NCc1ccc2nccn2c1)c1cnc(N2CC(c3ccc(Cl)cc3)OC2=O)s1. The fourth-order valence-electron chi connectivity index (χ4n) is 3.30. The number of amides is 2. The number of aromatic nitrogens is 3. The highest BCUT2D eigenvalue weighted by Crippen LogP contribution is 2.33. The number of carbonyl (C=O) groups is 2. The number of hydrogen-bond acceptors (Lipinski definition) is 6. The number of hydrogen-bond donors (Lipinski definition) is 1. The smallest absolute Gasteiger partial charge is 0.416 e. The van der Waals surface area contributed by atoms with E-state index in [0.717, 1.165) is 28.1 Å². The molecular weight excluding hydrogens is 438 g/mol. The number of cyclic esters (lactones) is 1. The van der Waals surface area contributed by atoms with Crippen molar-refractivity contribution in [3.63, 3.8) is 0 Å². The molecule has 1 aromatic carbocycles. The van der Waals surface area contributed by atoms with Gasteiger partial charge in [0.1, 0.15) is 16.6 Å². The predicted octanol–water partition coefficient (Wildman–Crippen LogP) is 4.07. The highest BCUT2D eigenvalue weighted by Gasteiger charge is 2.35. The van der Waals surface area contributed by atoms with Crippen LogP contribution < -0.4 is 10.2 Å². The molecule has 1 saturated heterocycles. The van der Waals surface area contributed by atoms with Gasteiger partial charge in [0.05, 0.1) is 12.7 Å². The quantitative estimate of drug-likeness (QED) is 0.492. The summed E-state index contributed by atoms with van der Waals surface area (Å²) in [6.45, 7) is 0.685. The van der Waals surface area contributed by atoms with E-state index in [1.54, 1.807) is 18.3 Å². The second-order valence-corrected chi connectivity index (χ2v) is 8.40. The molecule has 0 aliphatic carbocycles. The highest BCUT2D eigenvalue weighted by atomic mass is 35.5. The number of anilines is 1. The lowest BCUT2D eigenvalue weighted by atomic mass is 10.1. The van der Waals surface area contributed by atoms with E-state index < -0.39 is 12.2 Å².